The van der Waals surface area contributed by atoms with Crippen molar-refractivity contribution in [2.45, 2.75) is 39.9 Å². The quantitative estimate of drug-likeness (QED) is 0.497. The van der Waals surface area contributed by atoms with Gasteiger partial charge in [0.05, 0.1) is 25.4 Å². The molecule has 0 aromatic carbocycles. The molecule has 0 radical (unpaired) electrons. The number of rotatable bonds is 8. The van der Waals surface area contributed by atoms with Crippen molar-refractivity contribution in [2.24, 2.45) is 0 Å². The second-order valence-electron chi connectivity index (χ2n) is 4.14. The molecule has 0 rings (SSSR count). The number of carbonyl (C=O) groups excluding carboxylic acids is 2. The summed E-state index contributed by atoms with van der Waals surface area (Å²) >= 11 is 0. The molecule has 19 heavy (non-hydrogen) atoms. The van der Waals surface area contributed by atoms with Crippen LogP contribution in [0.1, 0.15) is 27.7 Å². The Hall–Kier alpha value is -1.50. The van der Waals surface area contributed by atoms with Crippen molar-refractivity contribution in [3.63, 3.8) is 0 Å². The molecule has 0 aromatic heterocycles. The second kappa shape index (κ2) is 10.4. The summed E-state index contributed by atoms with van der Waals surface area (Å²) in [5, 5.41) is 0. The minimum atomic E-state index is -0.727. The van der Waals surface area contributed by atoms with Crippen molar-refractivity contribution < 1.29 is 33.3 Å². The van der Waals surface area contributed by atoms with Crippen LogP contribution < -0.4 is 0 Å². The molecular weight excluding hydrogens is 256 g/mol. The van der Waals surface area contributed by atoms with Gasteiger partial charge in [-0.25, -0.2) is 9.59 Å². The van der Waals surface area contributed by atoms with E-state index in [1.54, 1.807) is 27.7 Å². The summed E-state index contributed by atoms with van der Waals surface area (Å²) in [5.41, 5.74) is 0. The Balaban J connectivity index is 3.32. The Morgan fingerprint density at radius 1 is 0.737 bits per heavy atom. The molecule has 0 aliphatic heterocycles. The summed E-state index contributed by atoms with van der Waals surface area (Å²) in [5.74, 6) is 0. The molecule has 112 valence electrons. The van der Waals surface area contributed by atoms with Crippen molar-refractivity contribution in [1.82, 2.24) is 0 Å². The fourth-order valence-corrected chi connectivity index (χ4v) is 0.923. The van der Waals surface area contributed by atoms with E-state index in [9.17, 15) is 9.59 Å². The molecule has 0 fully saturated rings. The SMILES string of the molecule is CC(C)OC(=O)OCCOCCOC(=O)OC(C)C. The van der Waals surface area contributed by atoms with Gasteiger partial charge in [-0.15, -0.1) is 0 Å². The zero-order chi connectivity index (χ0) is 14.7. The normalized spacial score (nSPS) is 10.4. The molecule has 7 heteroatoms. The third-order valence-corrected chi connectivity index (χ3v) is 1.56. The van der Waals surface area contributed by atoms with E-state index in [1.165, 1.54) is 0 Å². The predicted octanol–water partition coefficient (Wildman–Crippen LogP) is 2.13. The van der Waals surface area contributed by atoms with Crippen LogP contribution in [0, 0.1) is 0 Å². The van der Waals surface area contributed by atoms with Crippen LogP contribution in [-0.2, 0) is 23.7 Å². The van der Waals surface area contributed by atoms with E-state index < -0.39 is 12.3 Å². The standard InChI is InChI=1S/C12H22O7/c1-9(2)18-11(13)16-7-5-15-6-8-17-12(14)19-10(3)4/h9-10H,5-8H2,1-4H3. The lowest BCUT2D eigenvalue weighted by molar-refractivity contribution is -0.00472. The van der Waals surface area contributed by atoms with E-state index in [4.69, 9.17) is 23.7 Å². The average molecular weight is 278 g/mol. The molecule has 0 saturated heterocycles. The molecule has 0 spiro atoms. The van der Waals surface area contributed by atoms with E-state index in [1.807, 2.05) is 0 Å². The Morgan fingerprint density at radius 2 is 1.11 bits per heavy atom. The summed E-state index contributed by atoms with van der Waals surface area (Å²) in [6.45, 7) is 7.49. The number of ether oxygens (including phenoxy) is 5. The summed E-state index contributed by atoms with van der Waals surface area (Å²) in [6, 6.07) is 0. The van der Waals surface area contributed by atoms with Gasteiger partial charge in [0.25, 0.3) is 0 Å². The maximum atomic E-state index is 10.9. The van der Waals surface area contributed by atoms with Crippen molar-refractivity contribution in [3.05, 3.63) is 0 Å². The largest absolute Gasteiger partial charge is 0.508 e. The van der Waals surface area contributed by atoms with Gasteiger partial charge < -0.3 is 23.7 Å². The van der Waals surface area contributed by atoms with Crippen LogP contribution in [0.4, 0.5) is 9.59 Å². The van der Waals surface area contributed by atoms with E-state index >= 15 is 0 Å². The lowest BCUT2D eigenvalue weighted by Gasteiger charge is -2.10. The van der Waals surface area contributed by atoms with E-state index in [0.29, 0.717) is 0 Å². The topological polar surface area (TPSA) is 80.3 Å². The first-order valence-corrected chi connectivity index (χ1v) is 6.16. The molecule has 0 aromatic rings. The molecule has 7 nitrogen and oxygen atoms in total. The van der Waals surface area contributed by atoms with E-state index in [-0.39, 0.29) is 38.6 Å². The Morgan fingerprint density at radius 3 is 1.42 bits per heavy atom. The molecule has 0 unspecified atom stereocenters. The van der Waals surface area contributed by atoms with Gasteiger partial charge in [-0.1, -0.05) is 0 Å². The predicted molar refractivity (Wildman–Crippen MR) is 66.0 cm³/mol. The minimum Gasteiger partial charge on any atom is -0.432 e. The summed E-state index contributed by atoms with van der Waals surface area (Å²) < 4.78 is 24.0. The zero-order valence-electron chi connectivity index (χ0n) is 11.8. The highest BCUT2D eigenvalue weighted by Gasteiger charge is 2.07. The van der Waals surface area contributed by atoms with Gasteiger partial charge in [0, 0.05) is 0 Å². The van der Waals surface area contributed by atoms with Crippen molar-refractivity contribution in [2.75, 3.05) is 26.4 Å². The van der Waals surface area contributed by atoms with Gasteiger partial charge in [0.2, 0.25) is 0 Å². The molecular formula is C12H22O7. The second-order valence-corrected chi connectivity index (χ2v) is 4.14. The minimum absolute atomic E-state index is 0.0853. The lowest BCUT2D eigenvalue weighted by Crippen LogP contribution is -2.18. The maximum Gasteiger partial charge on any atom is 0.508 e. The van der Waals surface area contributed by atoms with Crippen LogP contribution in [0.3, 0.4) is 0 Å². The smallest absolute Gasteiger partial charge is 0.432 e. The van der Waals surface area contributed by atoms with Gasteiger partial charge in [-0.2, -0.15) is 0 Å². The first-order chi connectivity index (χ1) is 8.91. The monoisotopic (exact) mass is 278 g/mol. The molecule has 0 aliphatic carbocycles. The fraction of sp³-hybridized carbons (Fsp3) is 0.833. The van der Waals surface area contributed by atoms with Gasteiger partial charge >= 0.3 is 12.3 Å². The highest BCUT2D eigenvalue weighted by atomic mass is 16.7. The van der Waals surface area contributed by atoms with Crippen molar-refractivity contribution in [3.8, 4) is 0 Å². The highest BCUT2D eigenvalue weighted by Crippen LogP contribution is 1.94. The van der Waals surface area contributed by atoms with Crippen LogP contribution in [0.15, 0.2) is 0 Å². The first kappa shape index (κ1) is 17.5. The van der Waals surface area contributed by atoms with Crippen molar-refractivity contribution >= 4 is 12.3 Å². The zero-order valence-corrected chi connectivity index (χ0v) is 11.8. The Kier molecular flexibility index (Phi) is 9.60. The third-order valence-electron chi connectivity index (χ3n) is 1.56. The van der Waals surface area contributed by atoms with Crippen LogP contribution in [-0.4, -0.2) is 50.9 Å². The lowest BCUT2D eigenvalue weighted by atomic mass is 10.5. The Labute approximate surface area is 113 Å². The Bertz CT molecular complexity index is 237. The van der Waals surface area contributed by atoms with Crippen LogP contribution in [0.2, 0.25) is 0 Å². The van der Waals surface area contributed by atoms with Gasteiger partial charge in [0.15, 0.2) is 0 Å². The highest BCUT2D eigenvalue weighted by molar-refractivity contribution is 5.60. The molecule has 0 atom stereocenters. The number of carbonyl (C=O) groups is 2. The van der Waals surface area contributed by atoms with E-state index in [0.717, 1.165) is 0 Å². The number of hydrogen-bond acceptors (Lipinski definition) is 7. The van der Waals surface area contributed by atoms with Gasteiger partial charge in [-0.3, -0.25) is 0 Å². The molecule has 0 bridgehead atoms. The third kappa shape index (κ3) is 12.7. The fourth-order valence-electron chi connectivity index (χ4n) is 0.923. The first-order valence-electron chi connectivity index (χ1n) is 6.16. The number of hydrogen-bond donors (Lipinski definition) is 0. The van der Waals surface area contributed by atoms with Crippen LogP contribution in [0.5, 0.6) is 0 Å². The van der Waals surface area contributed by atoms with Gasteiger partial charge in [0.1, 0.15) is 13.2 Å². The summed E-state index contributed by atoms with van der Waals surface area (Å²) in [7, 11) is 0. The molecule has 0 amide bonds. The van der Waals surface area contributed by atoms with Crippen LogP contribution >= 0.6 is 0 Å². The molecule has 0 saturated carbocycles. The average Bonchev–Trinajstić information content (AvgIpc) is 2.25. The van der Waals surface area contributed by atoms with E-state index in [2.05, 4.69) is 0 Å². The molecule has 0 N–H and O–H groups in total. The van der Waals surface area contributed by atoms with Crippen molar-refractivity contribution in [1.29, 1.82) is 0 Å². The summed E-state index contributed by atoms with van der Waals surface area (Å²) in [6.07, 6.45) is -1.88. The summed E-state index contributed by atoms with van der Waals surface area (Å²) in [4.78, 5) is 21.9. The maximum absolute atomic E-state index is 10.9. The van der Waals surface area contributed by atoms with Gasteiger partial charge in [-0.05, 0) is 27.7 Å². The van der Waals surface area contributed by atoms with Crippen LogP contribution in [0.25, 0.3) is 0 Å². The molecule has 0 heterocycles. The molecule has 0 aliphatic rings.